The van der Waals surface area contributed by atoms with E-state index >= 15 is 0 Å². The molecule has 1 N–H and O–H groups in total. The molecule has 0 aliphatic carbocycles. The maximum atomic E-state index is 3.90. The van der Waals surface area contributed by atoms with Gasteiger partial charge in [0.2, 0.25) is 0 Å². The van der Waals surface area contributed by atoms with Gasteiger partial charge in [0.15, 0.2) is 0 Å². The molecule has 2 rings (SSSR count). The molecule has 2 aromatic carbocycles. The normalized spacial score (nSPS) is 12.4. The highest BCUT2D eigenvalue weighted by Gasteiger charge is 2.00. The van der Waals surface area contributed by atoms with Crippen molar-refractivity contribution in [2.75, 3.05) is 0 Å². The van der Waals surface area contributed by atoms with Crippen molar-refractivity contribution in [3.8, 4) is 0 Å². The van der Waals surface area contributed by atoms with Crippen LogP contribution in [0.1, 0.15) is 17.5 Å². The molecule has 1 heteroatoms. The zero-order valence-corrected chi connectivity index (χ0v) is 11.7. The van der Waals surface area contributed by atoms with Crippen LogP contribution in [0.4, 0.5) is 0 Å². The molecule has 1 nitrogen and oxygen atoms in total. The standard InChI is InChI=1S/C19H21N/c1-2-19(20-16-18-12-7-4-8-13-18)15-9-14-17-10-5-3-6-11-17/h2-14,19-20H,1,15-16H2/b14-9+. The van der Waals surface area contributed by atoms with Crippen molar-refractivity contribution in [1.29, 1.82) is 0 Å². The summed E-state index contributed by atoms with van der Waals surface area (Å²) in [6.45, 7) is 4.77. The summed E-state index contributed by atoms with van der Waals surface area (Å²) in [5.74, 6) is 0. The van der Waals surface area contributed by atoms with Gasteiger partial charge in [-0.2, -0.15) is 0 Å². The fourth-order valence-electron chi connectivity index (χ4n) is 2.02. The van der Waals surface area contributed by atoms with E-state index in [-0.39, 0.29) is 0 Å². The Hall–Kier alpha value is -2.12. The molecule has 0 spiro atoms. The summed E-state index contributed by atoms with van der Waals surface area (Å²) in [6.07, 6.45) is 7.27. The predicted octanol–water partition coefficient (Wildman–Crippen LogP) is 4.43. The second kappa shape index (κ2) is 8.13. The molecule has 0 bridgehead atoms. The first-order valence-corrected chi connectivity index (χ1v) is 7.00. The van der Waals surface area contributed by atoms with Crippen molar-refractivity contribution in [3.63, 3.8) is 0 Å². The van der Waals surface area contributed by atoms with Crippen LogP contribution < -0.4 is 5.32 Å². The minimum atomic E-state index is 0.301. The van der Waals surface area contributed by atoms with Crippen molar-refractivity contribution in [2.45, 2.75) is 19.0 Å². The van der Waals surface area contributed by atoms with E-state index < -0.39 is 0 Å². The Morgan fingerprint density at radius 3 is 2.25 bits per heavy atom. The van der Waals surface area contributed by atoms with Crippen LogP contribution >= 0.6 is 0 Å². The number of hydrogen-bond acceptors (Lipinski definition) is 1. The van der Waals surface area contributed by atoms with Gasteiger partial charge in [-0.3, -0.25) is 0 Å². The summed E-state index contributed by atoms with van der Waals surface area (Å²) in [7, 11) is 0. The van der Waals surface area contributed by atoms with Gasteiger partial charge in [0.25, 0.3) is 0 Å². The Morgan fingerprint density at radius 2 is 1.60 bits per heavy atom. The Bertz CT molecular complexity index is 528. The molecule has 2 aromatic rings. The minimum Gasteiger partial charge on any atom is -0.306 e. The summed E-state index contributed by atoms with van der Waals surface area (Å²) in [5, 5.41) is 3.50. The summed E-state index contributed by atoms with van der Waals surface area (Å²) in [5.41, 5.74) is 2.53. The molecule has 0 radical (unpaired) electrons. The van der Waals surface area contributed by atoms with Crippen LogP contribution in [0.15, 0.2) is 79.4 Å². The number of nitrogens with one attached hydrogen (secondary N) is 1. The number of rotatable bonds is 7. The van der Waals surface area contributed by atoms with Gasteiger partial charge in [0.1, 0.15) is 0 Å². The van der Waals surface area contributed by atoms with Crippen molar-refractivity contribution < 1.29 is 0 Å². The average molecular weight is 263 g/mol. The Labute approximate surface area is 121 Å². The minimum absolute atomic E-state index is 0.301. The maximum absolute atomic E-state index is 3.90. The Balaban J connectivity index is 1.81. The summed E-state index contributed by atoms with van der Waals surface area (Å²) in [4.78, 5) is 0. The zero-order valence-electron chi connectivity index (χ0n) is 11.7. The molecular weight excluding hydrogens is 242 g/mol. The fourth-order valence-corrected chi connectivity index (χ4v) is 2.02. The van der Waals surface area contributed by atoms with Crippen LogP contribution in [0.25, 0.3) is 6.08 Å². The predicted molar refractivity (Wildman–Crippen MR) is 87.4 cm³/mol. The lowest BCUT2D eigenvalue weighted by Gasteiger charge is -2.12. The third-order valence-electron chi connectivity index (χ3n) is 3.20. The molecule has 0 saturated carbocycles. The topological polar surface area (TPSA) is 12.0 Å². The molecule has 0 saturated heterocycles. The van der Waals surface area contributed by atoms with Crippen LogP contribution in [0.2, 0.25) is 0 Å². The molecule has 0 aliphatic heterocycles. The first-order valence-electron chi connectivity index (χ1n) is 7.00. The van der Waals surface area contributed by atoms with Gasteiger partial charge in [0, 0.05) is 12.6 Å². The molecule has 0 amide bonds. The Kier molecular flexibility index (Phi) is 5.81. The fraction of sp³-hybridized carbons (Fsp3) is 0.158. The van der Waals surface area contributed by atoms with Crippen LogP contribution in [-0.4, -0.2) is 6.04 Å². The van der Waals surface area contributed by atoms with Gasteiger partial charge >= 0.3 is 0 Å². The van der Waals surface area contributed by atoms with Crippen LogP contribution in [0.5, 0.6) is 0 Å². The lowest BCUT2D eigenvalue weighted by atomic mass is 10.1. The number of hydrogen-bond donors (Lipinski definition) is 1. The summed E-state index contributed by atoms with van der Waals surface area (Å²) >= 11 is 0. The van der Waals surface area contributed by atoms with E-state index in [2.05, 4.69) is 72.6 Å². The second-order valence-corrected chi connectivity index (χ2v) is 4.76. The van der Waals surface area contributed by atoms with Crippen LogP contribution in [0, 0.1) is 0 Å². The smallest absolute Gasteiger partial charge is 0.0285 e. The molecule has 20 heavy (non-hydrogen) atoms. The lowest BCUT2D eigenvalue weighted by Crippen LogP contribution is -2.25. The molecule has 1 atom stereocenters. The molecule has 0 fully saturated rings. The maximum Gasteiger partial charge on any atom is 0.0285 e. The highest BCUT2D eigenvalue weighted by molar-refractivity contribution is 5.48. The quantitative estimate of drug-likeness (QED) is 0.728. The van der Waals surface area contributed by atoms with E-state index in [1.54, 1.807) is 0 Å². The first kappa shape index (κ1) is 14.3. The van der Waals surface area contributed by atoms with E-state index in [9.17, 15) is 0 Å². The average Bonchev–Trinajstić information content (AvgIpc) is 2.52. The molecule has 1 unspecified atom stereocenters. The van der Waals surface area contributed by atoms with Crippen LogP contribution in [-0.2, 0) is 6.54 Å². The van der Waals surface area contributed by atoms with E-state index in [4.69, 9.17) is 0 Å². The first-order chi connectivity index (χ1) is 9.88. The Morgan fingerprint density at radius 1 is 0.950 bits per heavy atom. The monoisotopic (exact) mass is 263 g/mol. The number of benzene rings is 2. The highest BCUT2D eigenvalue weighted by atomic mass is 14.9. The van der Waals surface area contributed by atoms with E-state index in [0.717, 1.165) is 13.0 Å². The lowest BCUT2D eigenvalue weighted by molar-refractivity contribution is 0.599. The summed E-state index contributed by atoms with van der Waals surface area (Å²) in [6, 6.07) is 21.1. The third-order valence-corrected chi connectivity index (χ3v) is 3.20. The van der Waals surface area contributed by atoms with Gasteiger partial charge in [-0.1, -0.05) is 78.9 Å². The molecule has 0 aliphatic rings. The molecule has 102 valence electrons. The summed E-state index contributed by atoms with van der Waals surface area (Å²) < 4.78 is 0. The van der Waals surface area contributed by atoms with Crippen LogP contribution in [0.3, 0.4) is 0 Å². The van der Waals surface area contributed by atoms with Gasteiger partial charge in [-0.05, 0) is 17.5 Å². The van der Waals surface area contributed by atoms with E-state index in [1.165, 1.54) is 11.1 Å². The van der Waals surface area contributed by atoms with Gasteiger partial charge in [0.05, 0.1) is 0 Å². The van der Waals surface area contributed by atoms with Gasteiger partial charge in [-0.15, -0.1) is 6.58 Å². The van der Waals surface area contributed by atoms with E-state index in [0.29, 0.717) is 6.04 Å². The molecule has 0 heterocycles. The largest absolute Gasteiger partial charge is 0.306 e. The van der Waals surface area contributed by atoms with Crippen molar-refractivity contribution >= 4 is 6.08 Å². The van der Waals surface area contributed by atoms with Crippen molar-refractivity contribution in [2.24, 2.45) is 0 Å². The van der Waals surface area contributed by atoms with Crippen molar-refractivity contribution in [1.82, 2.24) is 5.32 Å². The van der Waals surface area contributed by atoms with Crippen molar-refractivity contribution in [3.05, 3.63) is 90.5 Å². The van der Waals surface area contributed by atoms with E-state index in [1.807, 2.05) is 18.2 Å². The highest BCUT2D eigenvalue weighted by Crippen LogP contribution is 2.05. The second-order valence-electron chi connectivity index (χ2n) is 4.76. The SMILES string of the molecule is C=CC(C/C=C/c1ccccc1)NCc1ccccc1. The molecular formula is C19H21N. The third kappa shape index (κ3) is 4.87. The zero-order chi connectivity index (χ0) is 14.0. The van der Waals surface area contributed by atoms with Gasteiger partial charge in [-0.25, -0.2) is 0 Å². The molecule has 0 aromatic heterocycles. The van der Waals surface area contributed by atoms with Gasteiger partial charge < -0.3 is 5.32 Å².